The van der Waals surface area contributed by atoms with Crippen LogP contribution in [0.2, 0.25) is 0 Å². The minimum atomic E-state index is -3.45. The summed E-state index contributed by atoms with van der Waals surface area (Å²) in [5.41, 5.74) is 0. The standard InChI is InChI=1S/C34H58N2O26/c1-8(42)35-15-20(47)26(13(6-40)54-30(15)53)60-33-25(52)28(19(46)12(5-39)56-33)61-34-29(23(50)18(45)11(4-38)57-34)62-31-16(36-9(2)43)21(48)27(14(7-41)58-31)59-32-24(51)22(49)17(44)10(3-37)55-32/h10-34,37-41,44-53H,3-7H2,1-2H3,(H,35,42)(H,36,43)/t10-,11-,12-,13-,14-,15-,16-,17+,18-,19-,20-,21-,22+,23+,24-,25+,26-,27-,28+,29+,30?,31+,32+,33+,34-/m1/s1/i1D3,2D3. The van der Waals surface area contributed by atoms with Crippen LogP contribution in [0.5, 0.6) is 0 Å². The molecule has 0 aromatic heterocycles. The Morgan fingerprint density at radius 1 is 0.419 bits per heavy atom. The zero-order chi connectivity index (χ0) is 50.9. The number of nitrogens with one attached hydrogen (secondary N) is 2. The third kappa shape index (κ3) is 10.8. The first-order valence-corrected chi connectivity index (χ1v) is 19.1. The van der Waals surface area contributed by atoms with E-state index in [2.05, 4.69) is 0 Å². The van der Waals surface area contributed by atoms with Crippen molar-refractivity contribution in [1.29, 1.82) is 0 Å². The summed E-state index contributed by atoms with van der Waals surface area (Å²) in [5, 5.41) is 163. The summed E-state index contributed by atoms with van der Waals surface area (Å²) >= 11 is 0. The van der Waals surface area contributed by atoms with E-state index in [9.17, 15) is 86.2 Å². The Morgan fingerprint density at radius 2 is 0.823 bits per heavy atom. The van der Waals surface area contributed by atoms with Gasteiger partial charge < -0.3 is 130 Å². The summed E-state index contributed by atoms with van der Waals surface area (Å²) in [6, 6.07) is -4.11. The van der Waals surface area contributed by atoms with Gasteiger partial charge in [0.15, 0.2) is 31.5 Å². The Hall–Kier alpha value is -2.02. The molecule has 1 unspecified atom stereocenters. The first kappa shape index (κ1) is 42.6. The Kier molecular flexibility index (Phi) is 15.1. The van der Waals surface area contributed by atoms with E-state index in [1.807, 2.05) is 10.6 Å². The maximum absolute atomic E-state index is 12.9. The van der Waals surface area contributed by atoms with Gasteiger partial charge in [-0.25, -0.2) is 0 Å². The van der Waals surface area contributed by atoms with Crippen molar-refractivity contribution in [3.8, 4) is 0 Å². The molecule has 0 spiro atoms. The maximum atomic E-state index is 12.9. The summed E-state index contributed by atoms with van der Waals surface area (Å²) in [6.45, 7) is -12.0. The van der Waals surface area contributed by atoms with Gasteiger partial charge in [0.1, 0.15) is 122 Å². The van der Waals surface area contributed by atoms with Crippen LogP contribution in [0.15, 0.2) is 0 Å². The predicted octanol–water partition coefficient (Wildman–Crippen LogP) is -11.6. The average molecular weight is 917 g/mol. The molecule has 360 valence electrons. The molecule has 0 aliphatic carbocycles. The molecule has 5 fully saturated rings. The third-order valence-corrected chi connectivity index (χ3v) is 11.0. The van der Waals surface area contributed by atoms with Crippen LogP contribution in [-0.4, -0.2) is 275 Å². The van der Waals surface area contributed by atoms with Gasteiger partial charge in [0.25, 0.3) is 0 Å². The van der Waals surface area contributed by atoms with E-state index in [0.29, 0.717) is 0 Å². The van der Waals surface area contributed by atoms with Gasteiger partial charge in [-0.15, -0.1) is 0 Å². The predicted molar refractivity (Wildman–Crippen MR) is 190 cm³/mol. The van der Waals surface area contributed by atoms with E-state index < -0.39 is 212 Å². The van der Waals surface area contributed by atoms with Crippen LogP contribution in [0.3, 0.4) is 0 Å². The quantitative estimate of drug-likeness (QED) is 0.0725. The van der Waals surface area contributed by atoms with Crippen molar-refractivity contribution in [2.75, 3.05) is 33.0 Å². The Balaban J connectivity index is 1.44. The first-order chi connectivity index (χ1) is 31.7. The molecule has 28 heteroatoms. The Bertz CT molecular complexity index is 1650. The van der Waals surface area contributed by atoms with Crippen molar-refractivity contribution in [2.45, 2.75) is 167 Å². The van der Waals surface area contributed by atoms with Crippen molar-refractivity contribution in [3.05, 3.63) is 0 Å². The molecular weight excluding hydrogens is 852 g/mol. The Morgan fingerprint density at radius 3 is 1.35 bits per heavy atom. The lowest BCUT2D eigenvalue weighted by molar-refractivity contribution is -0.394. The van der Waals surface area contributed by atoms with E-state index in [4.69, 9.17) is 50.9 Å². The molecule has 0 saturated carbocycles. The number of carbonyl (C=O) groups is 2. The molecule has 17 N–H and O–H groups in total. The highest BCUT2D eigenvalue weighted by atomic mass is 16.8. The molecule has 0 aromatic carbocycles. The van der Waals surface area contributed by atoms with E-state index in [0.717, 1.165) is 0 Å². The van der Waals surface area contributed by atoms with Gasteiger partial charge in [0, 0.05) is 21.9 Å². The third-order valence-electron chi connectivity index (χ3n) is 11.0. The smallest absolute Gasteiger partial charge is 0.217 e. The molecular formula is C34H58N2O26. The molecule has 0 bridgehead atoms. The van der Waals surface area contributed by atoms with Gasteiger partial charge in [0.2, 0.25) is 11.8 Å². The molecule has 5 aliphatic heterocycles. The molecule has 28 nitrogen and oxygen atoms in total. The van der Waals surface area contributed by atoms with Gasteiger partial charge in [-0.2, -0.15) is 0 Å². The second-order valence-corrected chi connectivity index (χ2v) is 15.0. The number of amides is 2. The zero-order valence-electron chi connectivity index (χ0n) is 38.2. The van der Waals surface area contributed by atoms with Crippen molar-refractivity contribution >= 4 is 11.8 Å². The SMILES string of the molecule is [2H]C([2H])([2H])C(=O)N[C@H]1[C@H](O[C@@H]2[C@@H](O[C@@H]3[C@H](O)[C@H](O[C@H]4[C@H](O)[C@@H](NC(=O)C([2H])([2H])[2H])C(O)O[C@@H]4CO)O[C@H](CO)[C@H]3O)O[C@H](CO)[C@@H](O)[C@@H]2O)O[C@H](CO)[C@@H](O[C@@H]2O[C@H](CO)[C@H](O)[C@H](O)[C@H]2O)[C@@H]1O. The molecule has 5 heterocycles. The number of rotatable bonds is 15. The first-order valence-electron chi connectivity index (χ1n) is 22.1. The van der Waals surface area contributed by atoms with Gasteiger partial charge in [-0.1, -0.05) is 0 Å². The fourth-order valence-corrected chi connectivity index (χ4v) is 7.65. The van der Waals surface area contributed by atoms with Gasteiger partial charge >= 0.3 is 0 Å². The van der Waals surface area contributed by atoms with Crippen molar-refractivity contribution in [3.63, 3.8) is 0 Å². The van der Waals surface area contributed by atoms with Crippen molar-refractivity contribution in [2.24, 2.45) is 0 Å². The number of aliphatic hydroxyl groups excluding tert-OH is 15. The minimum Gasteiger partial charge on any atom is -0.394 e. The van der Waals surface area contributed by atoms with Gasteiger partial charge in [0.05, 0.1) is 33.0 Å². The lowest BCUT2D eigenvalue weighted by atomic mass is 9.94. The second-order valence-electron chi connectivity index (χ2n) is 15.0. The summed E-state index contributed by atoms with van der Waals surface area (Å²) in [4.78, 5) is 25.1. The number of carbonyl (C=O) groups excluding carboxylic acids is 2. The Labute approximate surface area is 360 Å². The van der Waals surface area contributed by atoms with E-state index in [1.54, 1.807) is 0 Å². The van der Waals surface area contributed by atoms with E-state index >= 15 is 0 Å². The monoisotopic (exact) mass is 916 g/mol. The number of hydrogen-bond acceptors (Lipinski definition) is 26. The number of ether oxygens (including phenoxy) is 9. The fourth-order valence-electron chi connectivity index (χ4n) is 7.65. The lowest BCUT2D eigenvalue weighted by Crippen LogP contribution is -2.70. The van der Waals surface area contributed by atoms with Crippen LogP contribution in [0, 0.1) is 0 Å². The van der Waals surface area contributed by atoms with Crippen molar-refractivity contribution < 1.29 is 137 Å². The summed E-state index contributed by atoms with van der Waals surface area (Å²) in [5.74, 6) is -3.42. The number of aliphatic hydroxyl groups is 15. The number of hydrogen-bond donors (Lipinski definition) is 17. The van der Waals surface area contributed by atoms with Crippen molar-refractivity contribution in [1.82, 2.24) is 10.6 Å². The second kappa shape index (κ2) is 22.0. The molecule has 62 heavy (non-hydrogen) atoms. The summed E-state index contributed by atoms with van der Waals surface area (Å²) in [6.07, 6.45) is -47.0. The van der Waals surface area contributed by atoms with Gasteiger partial charge in [-0.05, 0) is 0 Å². The minimum absolute atomic E-state index is 0.926. The molecule has 5 rings (SSSR count). The largest absolute Gasteiger partial charge is 0.394 e. The maximum Gasteiger partial charge on any atom is 0.217 e. The molecule has 0 aromatic rings. The summed E-state index contributed by atoms with van der Waals surface area (Å²) in [7, 11) is 0. The molecule has 25 atom stereocenters. The van der Waals surface area contributed by atoms with E-state index in [1.165, 1.54) is 0 Å². The van der Waals surface area contributed by atoms with Crippen LogP contribution in [-0.2, 0) is 52.2 Å². The summed E-state index contributed by atoms with van der Waals surface area (Å²) < 4.78 is 95.1. The van der Waals surface area contributed by atoms with Crippen LogP contribution in [0.25, 0.3) is 0 Å². The highest BCUT2D eigenvalue weighted by Gasteiger charge is 2.57. The van der Waals surface area contributed by atoms with Crippen LogP contribution >= 0.6 is 0 Å². The molecule has 5 aliphatic rings. The lowest BCUT2D eigenvalue weighted by Gasteiger charge is -2.50. The average Bonchev–Trinajstić information content (AvgIpc) is 3.28. The normalized spacial score (nSPS) is 50.8. The molecule has 5 saturated heterocycles. The highest BCUT2D eigenvalue weighted by Crippen LogP contribution is 2.36. The fraction of sp³-hybridized carbons (Fsp3) is 0.941. The highest BCUT2D eigenvalue weighted by molar-refractivity contribution is 5.73. The van der Waals surface area contributed by atoms with Crippen LogP contribution in [0.4, 0.5) is 0 Å². The molecule has 2 amide bonds. The van der Waals surface area contributed by atoms with Gasteiger partial charge in [-0.3, -0.25) is 9.59 Å². The van der Waals surface area contributed by atoms with Crippen LogP contribution in [0.1, 0.15) is 21.9 Å². The molecule has 0 radical (unpaired) electrons. The zero-order valence-corrected chi connectivity index (χ0v) is 32.2. The van der Waals surface area contributed by atoms with E-state index in [-0.39, 0.29) is 0 Å². The van der Waals surface area contributed by atoms with Crippen LogP contribution < -0.4 is 10.6 Å². The topological polar surface area (TPSA) is 445 Å².